The lowest BCUT2D eigenvalue weighted by atomic mass is 10.0. The SMILES string of the molecule is CCCC(CN)C(=O)N[C@H](CCC)C(=O)O. The van der Waals surface area contributed by atoms with E-state index < -0.39 is 12.0 Å². The third-order valence-electron chi connectivity index (χ3n) is 2.48. The molecule has 0 bridgehead atoms. The van der Waals surface area contributed by atoms with Crippen molar-refractivity contribution in [2.75, 3.05) is 6.54 Å². The average molecular weight is 230 g/mol. The van der Waals surface area contributed by atoms with Gasteiger partial charge in [-0.3, -0.25) is 4.79 Å². The molecule has 0 spiro atoms. The molecule has 5 heteroatoms. The number of aliphatic carboxylic acids is 1. The molecule has 0 saturated carbocycles. The minimum atomic E-state index is -0.984. The lowest BCUT2D eigenvalue weighted by Crippen LogP contribution is -2.45. The van der Waals surface area contributed by atoms with Crippen molar-refractivity contribution < 1.29 is 14.7 Å². The second-order valence-corrected chi connectivity index (χ2v) is 3.91. The predicted molar refractivity (Wildman–Crippen MR) is 61.9 cm³/mol. The Morgan fingerprint density at radius 3 is 2.19 bits per heavy atom. The van der Waals surface area contributed by atoms with E-state index in [9.17, 15) is 9.59 Å². The number of carbonyl (C=O) groups excluding carboxylic acids is 1. The highest BCUT2D eigenvalue weighted by atomic mass is 16.4. The summed E-state index contributed by atoms with van der Waals surface area (Å²) in [5.74, 6) is -1.50. The van der Waals surface area contributed by atoms with Gasteiger partial charge < -0.3 is 16.2 Å². The molecule has 0 aliphatic rings. The van der Waals surface area contributed by atoms with Gasteiger partial charge in [0.1, 0.15) is 6.04 Å². The highest BCUT2D eigenvalue weighted by Crippen LogP contribution is 2.06. The molecule has 0 rings (SSSR count). The Morgan fingerprint density at radius 2 is 1.81 bits per heavy atom. The van der Waals surface area contributed by atoms with Crippen LogP contribution in [0.2, 0.25) is 0 Å². The summed E-state index contributed by atoms with van der Waals surface area (Å²) in [7, 11) is 0. The number of carboxylic acid groups (broad SMARTS) is 1. The smallest absolute Gasteiger partial charge is 0.326 e. The van der Waals surface area contributed by atoms with Crippen molar-refractivity contribution in [1.29, 1.82) is 0 Å². The van der Waals surface area contributed by atoms with Crippen molar-refractivity contribution in [2.45, 2.75) is 45.6 Å². The minimum absolute atomic E-state index is 0.245. The van der Waals surface area contributed by atoms with Gasteiger partial charge in [0.25, 0.3) is 0 Å². The molecule has 0 radical (unpaired) electrons. The van der Waals surface area contributed by atoms with Crippen LogP contribution in [0.15, 0.2) is 0 Å². The van der Waals surface area contributed by atoms with Crippen LogP contribution in [0, 0.1) is 5.92 Å². The Bertz CT molecular complexity index is 231. The number of amides is 1. The third-order valence-corrected chi connectivity index (χ3v) is 2.48. The normalized spacial score (nSPS) is 14.2. The molecule has 1 unspecified atom stereocenters. The highest BCUT2D eigenvalue weighted by Gasteiger charge is 2.23. The van der Waals surface area contributed by atoms with Gasteiger partial charge in [-0.2, -0.15) is 0 Å². The molecule has 0 aromatic heterocycles. The lowest BCUT2D eigenvalue weighted by Gasteiger charge is -2.18. The van der Waals surface area contributed by atoms with Gasteiger partial charge in [0.2, 0.25) is 5.91 Å². The quantitative estimate of drug-likeness (QED) is 0.573. The number of nitrogens with two attached hydrogens (primary N) is 1. The monoisotopic (exact) mass is 230 g/mol. The van der Waals surface area contributed by atoms with E-state index in [1.54, 1.807) is 0 Å². The van der Waals surface area contributed by atoms with Crippen molar-refractivity contribution in [1.82, 2.24) is 5.32 Å². The number of hydrogen-bond acceptors (Lipinski definition) is 3. The molecule has 0 aliphatic carbocycles. The molecule has 2 atom stereocenters. The van der Waals surface area contributed by atoms with Gasteiger partial charge in [0.05, 0.1) is 5.92 Å². The second kappa shape index (κ2) is 8.10. The van der Waals surface area contributed by atoms with E-state index in [1.165, 1.54) is 0 Å². The summed E-state index contributed by atoms with van der Waals surface area (Å²) in [5, 5.41) is 11.4. The van der Waals surface area contributed by atoms with Crippen LogP contribution in [0.3, 0.4) is 0 Å². The van der Waals surface area contributed by atoms with Gasteiger partial charge >= 0.3 is 5.97 Å². The van der Waals surface area contributed by atoms with Gasteiger partial charge in [-0.1, -0.05) is 26.7 Å². The number of hydrogen-bond donors (Lipinski definition) is 3. The molecule has 0 aromatic carbocycles. The van der Waals surface area contributed by atoms with Gasteiger partial charge in [0, 0.05) is 6.54 Å². The number of rotatable bonds is 8. The summed E-state index contributed by atoms with van der Waals surface area (Å²) in [6.45, 7) is 4.11. The number of carbonyl (C=O) groups is 2. The van der Waals surface area contributed by atoms with E-state index in [1.807, 2.05) is 13.8 Å². The first kappa shape index (κ1) is 14.9. The topological polar surface area (TPSA) is 92.4 Å². The van der Waals surface area contributed by atoms with Crippen LogP contribution in [-0.4, -0.2) is 29.6 Å². The fourth-order valence-electron chi connectivity index (χ4n) is 1.54. The molecule has 5 nitrogen and oxygen atoms in total. The van der Waals surface area contributed by atoms with Crippen molar-refractivity contribution in [3.63, 3.8) is 0 Å². The van der Waals surface area contributed by atoms with Gasteiger partial charge in [-0.25, -0.2) is 4.79 Å². The number of nitrogens with one attached hydrogen (secondary N) is 1. The van der Waals surface area contributed by atoms with E-state index in [-0.39, 0.29) is 18.4 Å². The molecule has 0 aliphatic heterocycles. The Balaban J connectivity index is 4.31. The van der Waals surface area contributed by atoms with Crippen LogP contribution < -0.4 is 11.1 Å². The van der Waals surface area contributed by atoms with Crippen LogP contribution in [-0.2, 0) is 9.59 Å². The first-order valence-corrected chi connectivity index (χ1v) is 5.80. The van der Waals surface area contributed by atoms with Crippen LogP contribution in [0.1, 0.15) is 39.5 Å². The third kappa shape index (κ3) is 5.11. The summed E-state index contributed by atoms with van der Waals surface area (Å²) >= 11 is 0. The van der Waals surface area contributed by atoms with Crippen LogP contribution in [0.5, 0.6) is 0 Å². The molecule has 0 fully saturated rings. The molecule has 16 heavy (non-hydrogen) atoms. The van der Waals surface area contributed by atoms with Crippen molar-refractivity contribution in [3.05, 3.63) is 0 Å². The van der Waals surface area contributed by atoms with E-state index in [0.29, 0.717) is 12.8 Å². The van der Waals surface area contributed by atoms with E-state index in [2.05, 4.69) is 5.32 Å². The average Bonchev–Trinajstić information content (AvgIpc) is 2.24. The maximum absolute atomic E-state index is 11.7. The van der Waals surface area contributed by atoms with Gasteiger partial charge in [0.15, 0.2) is 0 Å². The zero-order valence-corrected chi connectivity index (χ0v) is 10.0. The lowest BCUT2D eigenvalue weighted by molar-refractivity contribution is -0.142. The van der Waals surface area contributed by atoms with Gasteiger partial charge in [-0.05, 0) is 12.8 Å². The molecular formula is C11H22N2O3. The van der Waals surface area contributed by atoms with Crippen molar-refractivity contribution >= 4 is 11.9 Å². The fourth-order valence-corrected chi connectivity index (χ4v) is 1.54. The largest absolute Gasteiger partial charge is 0.480 e. The zero-order chi connectivity index (χ0) is 12.6. The molecule has 1 amide bonds. The van der Waals surface area contributed by atoms with Crippen LogP contribution in [0.25, 0.3) is 0 Å². The second-order valence-electron chi connectivity index (χ2n) is 3.91. The standard InChI is InChI=1S/C11H22N2O3/c1-3-5-8(7-12)10(14)13-9(6-4-2)11(15)16/h8-9H,3-7,12H2,1-2H3,(H,13,14)(H,15,16)/t8?,9-/m1/s1. The van der Waals surface area contributed by atoms with E-state index in [4.69, 9.17) is 10.8 Å². The Morgan fingerprint density at radius 1 is 1.25 bits per heavy atom. The number of carboxylic acids is 1. The first-order valence-electron chi connectivity index (χ1n) is 5.80. The van der Waals surface area contributed by atoms with Crippen molar-refractivity contribution in [2.24, 2.45) is 11.7 Å². The molecule has 0 aromatic rings. The highest BCUT2D eigenvalue weighted by molar-refractivity contribution is 5.85. The Hall–Kier alpha value is -1.10. The van der Waals surface area contributed by atoms with Crippen LogP contribution in [0.4, 0.5) is 0 Å². The van der Waals surface area contributed by atoms with Crippen LogP contribution >= 0.6 is 0 Å². The molecular weight excluding hydrogens is 208 g/mol. The fraction of sp³-hybridized carbons (Fsp3) is 0.818. The Labute approximate surface area is 96.4 Å². The van der Waals surface area contributed by atoms with E-state index in [0.717, 1.165) is 12.8 Å². The maximum Gasteiger partial charge on any atom is 0.326 e. The zero-order valence-electron chi connectivity index (χ0n) is 10.0. The summed E-state index contributed by atoms with van der Waals surface area (Å²) in [6, 6.07) is -0.789. The van der Waals surface area contributed by atoms with Gasteiger partial charge in [-0.15, -0.1) is 0 Å². The molecule has 0 heterocycles. The summed E-state index contributed by atoms with van der Waals surface area (Å²) in [5.41, 5.74) is 5.48. The molecule has 4 N–H and O–H groups in total. The Kier molecular flexibility index (Phi) is 7.54. The van der Waals surface area contributed by atoms with E-state index >= 15 is 0 Å². The van der Waals surface area contributed by atoms with Crippen molar-refractivity contribution in [3.8, 4) is 0 Å². The first-order chi connectivity index (χ1) is 7.56. The summed E-state index contributed by atoms with van der Waals surface area (Å²) < 4.78 is 0. The molecule has 94 valence electrons. The summed E-state index contributed by atoms with van der Waals surface area (Å²) in [6.07, 6.45) is 2.73. The minimum Gasteiger partial charge on any atom is -0.480 e. The summed E-state index contributed by atoms with van der Waals surface area (Å²) in [4.78, 5) is 22.5. The molecule has 0 saturated heterocycles. The maximum atomic E-state index is 11.7. The predicted octanol–water partition coefficient (Wildman–Crippen LogP) is 0.731.